The number of rotatable bonds is 4. The predicted molar refractivity (Wildman–Crippen MR) is 99.6 cm³/mol. The highest BCUT2D eigenvalue weighted by molar-refractivity contribution is 9.10. The number of halogens is 2. The minimum atomic E-state index is -0.122. The summed E-state index contributed by atoms with van der Waals surface area (Å²) in [6.07, 6.45) is 3.86. The molecule has 1 aromatic heterocycles. The number of aromatic nitrogens is 2. The normalized spacial score (nSPS) is 17.3. The summed E-state index contributed by atoms with van der Waals surface area (Å²) in [6, 6.07) is 5.60. The number of amides is 1. The van der Waals surface area contributed by atoms with Crippen molar-refractivity contribution < 1.29 is 4.79 Å². The average molecular weight is 416 g/mol. The lowest BCUT2D eigenvalue weighted by Gasteiger charge is -2.23. The van der Waals surface area contributed by atoms with Crippen molar-refractivity contribution in [3.05, 3.63) is 39.4 Å². The van der Waals surface area contributed by atoms with Crippen LogP contribution in [0.1, 0.15) is 19.3 Å². The number of hydrogen-bond donors (Lipinski definition) is 2. The topological polar surface area (TPSA) is 76.0 Å². The summed E-state index contributed by atoms with van der Waals surface area (Å²) in [5.41, 5.74) is 0.538. The first-order valence-electron chi connectivity index (χ1n) is 7.78. The van der Waals surface area contributed by atoms with Crippen LogP contribution in [0.25, 0.3) is 10.9 Å². The highest BCUT2D eigenvalue weighted by Crippen LogP contribution is 2.14. The van der Waals surface area contributed by atoms with Crippen molar-refractivity contribution >= 4 is 45.1 Å². The Morgan fingerprint density at radius 3 is 3.04 bits per heavy atom. The van der Waals surface area contributed by atoms with Crippen LogP contribution in [0.2, 0.25) is 0 Å². The summed E-state index contributed by atoms with van der Waals surface area (Å²) >= 11 is 3.36. The van der Waals surface area contributed by atoms with Crippen LogP contribution in [-0.2, 0) is 11.3 Å². The van der Waals surface area contributed by atoms with E-state index in [1.54, 1.807) is 12.1 Å². The molecule has 2 heterocycles. The van der Waals surface area contributed by atoms with Gasteiger partial charge >= 0.3 is 0 Å². The molecule has 0 unspecified atom stereocenters. The van der Waals surface area contributed by atoms with Gasteiger partial charge in [-0.1, -0.05) is 15.9 Å². The van der Waals surface area contributed by atoms with E-state index in [9.17, 15) is 9.59 Å². The quantitative estimate of drug-likeness (QED) is 0.799. The maximum Gasteiger partial charge on any atom is 0.261 e. The fourth-order valence-corrected chi connectivity index (χ4v) is 3.15. The lowest BCUT2D eigenvalue weighted by atomic mass is 10.1. The van der Waals surface area contributed by atoms with E-state index >= 15 is 0 Å². The van der Waals surface area contributed by atoms with Crippen LogP contribution in [0.15, 0.2) is 33.8 Å². The van der Waals surface area contributed by atoms with E-state index in [-0.39, 0.29) is 36.3 Å². The fourth-order valence-electron chi connectivity index (χ4n) is 2.79. The predicted octanol–water partition coefficient (Wildman–Crippen LogP) is 1.84. The lowest BCUT2D eigenvalue weighted by Crippen LogP contribution is -2.45. The van der Waals surface area contributed by atoms with E-state index in [4.69, 9.17) is 0 Å². The molecule has 1 aliphatic rings. The highest BCUT2D eigenvalue weighted by atomic mass is 79.9. The smallest absolute Gasteiger partial charge is 0.261 e. The zero-order chi connectivity index (χ0) is 16.2. The maximum absolute atomic E-state index is 12.4. The molecule has 8 heteroatoms. The van der Waals surface area contributed by atoms with Gasteiger partial charge in [-0.2, -0.15) is 0 Å². The number of piperidine rings is 1. The lowest BCUT2D eigenvalue weighted by molar-refractivity contribution is -0.122. The van der Waals surface area contributed by atoms with Gasteiger partial charge in [-0.25, -0.2) is 4.98 Å². The molecule has 0 bridgehead atoms. The van der Waals surface area contributed by atoms with Gasteiger partial charge in [0, 0.05) is 30.0 Å². The van der Waals surface area contributed by atoms with Gasteiger partial charge in [0.25, 0.3) is 5.56 Å². The van der Waals surface area contributed by atoms with Crippen molar-refractivity contribution in [2.75, 3.05) is 13.1 Å². The molecule has 0 aliphatic carbocycles. The van der Waals surface area contributed by atoms with Crippen molar-refractivity contribution in [3.63, 3.8) is 0 Å². The van der Waals surface area contributed by atoms with Gasteiger partial charge in [-0.15, -0.1) is 12.4 Å². The van der Waals surface area contributed by atoms with Gasteiger partial charge < -0.3 is 10.6 Å². The molecule has 6 nitrogen and oxygen atoms in total. The van der Waals surface area contributed by atoms with Crippen LogP contribution in [0, 0.1) is 0 Å². The molecule has 0 spiro atoms. The second kappa shape index (κ2) is 8.60. The third-order valence-electron chi connectivity index (χ3n) is 4.03. The van der Waals surface area contributed by atoms with Crippen LogP contribution in [0.3, 0.4) is 0 Å². The fraction of sp³-hybridized carbons (Fsp3) is 0.438. The van der Waals surface area contributed by atoms with Crippen LogP contribution >= 0.6 is 28.3 Å². The molecule has 1 aliphatic heterocycles. The Morgan fingerprint density at radius 2 is 2.29 bits per heavy atom. The standard InChI is InChI=1S/C16H19BrN4O2.ClH/c17-11-3-4-14-13(8-11)16(23)21(10-19-14)7-5-15(22)20-12-2-1-6-18-9-12;/h3-4,8,10,12,18H,1-2,5-7,9H2,(H,20,22);1H/t12-;/m0./s1. The van der Waals surface area contributed by atoms with Crippen LogP contribution in [-0.4, -0.2) is 34.6 Å². The minimum absolute atomic E-state index is 0. The molecule has 0 saturated carbocycles. The third-order valence-corrected chi connectivity index (χ3v) is 4.52. The molecule has 1 atom stereocenters. The monoisotopic (exact) mass is 414 g/mol. The molecule has 130 valence electrons. The van der Waals surface area contributed by atoms with E-state index < -0.39 is 0 Å². The van der Waals surface area contributed by atoms with Gasteiger partial charge in [-0.05, 0) is 37.6 Å². The number of hydrogen-bond acceptors (Lipinski definition) is 4. The number of benzene rings is 1. The Balaban J connectivity index is 0.00000208. The Labute approximate surface area is 154 Å². The summed E-state index contributed by atoms with van der Waals surface area (Å²) in [4.78, 5) is 28.8. The Bertz CT molecular complexity index is 774. The molecular formula is C16H20BrClN4O2. The Morgan fingerprint density at radius 1 is 1.46 bits per heavy atom. The molecule has 1 aromatic carbocycles. The second-order valence-corrected chi connectivity index (χ2v) is 6.68. The number of nitrogens with zero attached hydrogens (tertiary/aromatic N) is 2. The number of carbonyl (C=O) groups excluding carboxylic acids is 1. The summed E-state index contributed by atoms with van der Waals surface area (Å²) in [7, 11) is 0. The van der Waals surface area contributed by atoms with Gasteiger partial charge in [0.05, 0.1) is 17.2 Å². The average Bonchev–Trinajstić information content (AvgIpc) is 2.56. The van der Waals surface area contributed by atoms with Crippen LogP contribution in [0.5, 0.6) is 0 Å². The van der Waals surface area contributed by atoms with E-state index in [0.717, 1.165) is 30.4 Å². The van der Waals surface area contributed by atoms with Gasteiger partial charge in [-0.3, -0.25) is 14.2 Å². The highest BCUT2D eigenvalue weighted by Gasteiger charge is 2.15. The molecule has 3 rings (SSSR count). The van der Waals surface area contributed by atoms with Crippen molar-refractivity contribution in [1.82, 2.24) is 20.2 Å². The van der Waals surface area contributed by atoms with Crippen molar-refractivity contribution in [1.29, 1.82) is 0 Å². The minimum Gasteiger partial charge on any atom is -0.352 e. The van der Waals surface area contributed by atoms with Gasteiger partial charge in [0.2, 0.25) is 5.91 Å². The molecule has 0 radical (unpaired) electrons. The van der Waals surface area contributed by atoms with Gasteiger partial charge in [0.15, 0.2) is 0 Å². The van der Waals surface area contributed by atoms with E-state index in [1.165, 1.54) is 10.9 Å². The van der Waals surface area contributed by atoms with Crippen molar-refractivity contribution in [3.8, 4) is 0 Å². The largest absolute Gasteiger partial charge is 0.352 e. The summed E-state index contributed by atoms with van der Waals surface area (Å²) < 4.78 is 2.33. The van der Waals surface area contributed by atoms with E-state index in [0.29, 0.717) is 17.4 Å². The maximum atomic E-state index is 12.4. The van der Waals surface area contributed by atoms with Gasteiger partial charge in [0.1, 0.15) is 0 Å². The molecular weight excluding hydrogens is 396 g/mol. The van der Waals surface area contributed by atoms with E-state index in [1.807, 2.05) is 6.07 Å². The summed E-state index contributed by atoms with van der Waals surface area (Å²) in [5, 5.41) is 6.83. The molecule has 1 amide bonds. The van der Waals surface area contributed by atoms with Crippen LogP contribution < -0.4 is 16.2 Å². The number of aryl methyl sites for hydroxylation is 1. The molecule has 1 fully saturated rings. The first kappa shape index (κ1) is 18.9. The SMILES string of the molecule is Cl.O=C(CCn1cnc2ccc(Br)cc2c1=O)N[C@H]1CCCNC1. The molecule has 24 heavy (non-hydrogen) atoms. The summed E-state index contributed by atoms with van der Waals surface area (Å²) in [5.74, 6) is -0.0278. The number of fused-ring (bicyclic) bond motifs is 1. The number of nitrogens with one attached hydrogen (secondary N) is 2. The van der Waals surface area contributed by atoms with Crippen molar-refractivity contribution in [2.45, 2.75) is 31.8 Å². The Hall–Kier alpha value is -1.44. The molecule has 1 saturated heterocycles. The molecule has 2 aromatic rings. The van der Waals surface area contributed by atoms with Crippen molar-refractivity contribution in [2.24, 2.45) is 0 Å². The van der Waals surface area contributed by atoms with E-state index in [2.05, 4.69) is 31.5 Å². The second-order valence-electron chi connectivity index (χ2n) is 5.77. The third kappa shape index (κ3) is 4.55. The first-order valence-corrected chi connectivity index (χ1v) is 8.57. The Kier molecular flexibility index (Phi) is 6.77. The molecule has 2 N–H and O–H groups in total. The van der Waals surface area contributed by atoms with Crippen LogP contribution in [0.4, 0.5) is 0 Å². The zero-order valence-corrected chi connectivity index (χ0v) is 15.5. The number of carbonyl (C=O) groups is 1. The summed E-state index contributed by atoms with van der Waals surface area (Å²) in [6.45, 7) is 2.16. The zero-order valence-electron chi connectivity index (χ0n) is 13.1. The first-order chi connectivity index (χ1) is 11.1.